The van der Waals surface area contributed by atoms with Gasteiger partial charge in [0, 0.05) is 24.3 Å². The number of phenols is 2. The number of H-pyrrole nitrogens is 1. The van der Waals surface area contributed by atoms with Gasteiger partial charge < -0.3 is 42.1 Å². The predicted molar refractivity (Wildman–Crippen MR) is 154 cm³/mol. The maximum Gasteiger partial charge on any atom is 0.326 e. The number of amides is 1. The zero-order chi connectivity index (χ0) is 31.1. The van der Waals surface area contributed by atoms with Crippen LogP contribution in [0.2, 0.25) is 0 Å². The Morgan fingerprint density at radius 1 is 1.00 bits per heavy atom. The molecule has 16 heteroatoms. The molecule has 2 aromatic heterocycles. The molecule has 0 unspecified atom stereocenters. The van der Waals surface area contributed by atoms with Gasteiger partial charge in [0.1, 0.15) is 6.04 Å². The van der Waals surface area contributed by atoms with E-state index in [0.717, 1.165) is 0 Å². The van der Waals surface area contributed by atoms with Crippen LogP contribution in [0.15, 0.2) is 47.4 Å². The lowest BCUT2D eigenvalue weighted by Gasteiger charge is -2.18. The lowest BCUT2D eigenvalue weighted by atomic mass is 10.1. The molecule has 0 aliphatic carbocycles. The summed E-state index contributed by atoms with van der Waals surface area (Å²) >= 11 is 0. The van der Waals surface area contributed by atoms with Crippen LogP contribution in [0.25, 0.3) is 11.2 Å². The van der Waals surface area contributed by atoms with Gasteiger partial charge in [-0.25, -0.2) is 14.8 Å². The first kappa shape index (κ1) is 30.0. The van der Waals surface area contributed by atoms with E-state index in [9.17, 15) is 34.5 Å². The second-order valence-corrected chi connectivity index (χ2v) is 9.40. The first-order valence-corrected chi connectivity index (χ1v) is 12.9. The van der Waals surface area contributed by atoms with Gasteiger partial charge in [0.05, 0.1) is 24.0 Å². The number of hydrogen-bond donors (Lipinski definition) is 9. The molecule has 0 aliphatic heterocycles. The van der Waals surface area contributed by atoms with Gasteiger partial charge in [-0.1, -0.05) is 6.07 Å². The molecule has 0 radical (unpaired) electrons. The molecule has 43 heavy (non-hydrogen) atoms. The van der Waals surface area contributed by atoms with Gasteiger partial charge in [-0.3, -0.25) is 19.4 Å². The zero-order valence-electron chi connectivity index (χ0n) is 22.5. The first-order chi connectivity index (χ1) is 20.5. The normalized spacial score (nSPS) is 11.5. The Morgan fingerprint density at radius 2 is 1.79 bits per heavy atom. The number of nitrogens with two attached hydrogens (primary N) is 1. The molecular weight excluding hydrogens is 564 g/mol. The van der Waals surface area contributed by atoms with Gasteiger partial charge >= 0.3 is 11.9 Å². The van der Waals surface area contributed by atoms with Crippen LogP contribution in [0.5, 0.6) is 11.5 Å². The number of aromatic hydroxyl groups is 2. The third-order valence-corrected chi connectivity index (χ3v) is 6.24. The number of phenolic OH excluding ortho intramolecular Hbond substituents is 2. The summed E-state index contributed by atoms with van der Waals surface area (Å²) in [5.41, 5.74) is 7.18. The number of fused-ring (bicyclic) bond motifs is 1. The molecule has 224 valence electrons. The number of carbonyl (C=O) groups is 3. The van der Waals surface area contributed by atoms with Crippen LogP contribution >= 0.6 is 0 Å². The van der Waals surface area contributed by atoms with Gasteiger partial charge in [-0.15, -0.1) is 0 Å². The Balaban J connectivity index is 1.54. The summed E-state index contributed by atoms with van der Waals surface area (Å²) in [5, 5.41) is 46.3. The van der Waals surface area contributed by atoms with Gasteiger partial charge in [-0.2, -0.15) is 4.98 Å². The quantitative estimate of drug-likeness (QED) is 0.0981. The van der Waals surface area contributed by atoms with Crippen molar-refractivity contribution in [3.05, 3.63) is 69.8 Å². The highest BCUT2D eigenvalue weighted by Gasteiger charge is 2.23. The fourth-order valence-corrected chi connectivity index (χ4v) is 4.07. The largest absolute Gasteiger partial charge is 0.504 e. The summed E-state index contributed by atoms with van der Waals surface area (Å²) in [6, 6.07) is 7.62. The van der Waals surface area contributed by atoms with Crippen LogP contribution in [0, 0.1) is 0 Å². The summed E-state index contributed by atoms with van der Waals surface area (Å²) in [7, 11) is 0. The number of nitrogens with one attached hydrogen (secondary N) is 4. The second-order valence-electron chi connectivity index (χ2n) is 9.40. The highest BCUT2D eigenvalue weighted by Crippen LogP contribution is 2.26. The third kappa shape index (κ3) is 7.84. The topological polar surface area (TPSA) is 266 Å². The van der Waals surface area contributed by atoms with E-state index in [-0.39, 0.29) is 53.7 Å². The van der Waals surface area contributed by atoms with Gasteiger partial charge in [-0.05, 0) is 48.7 Å². The average molecular weight is 593 g/mol. The fourth-order valence-electron chi connectivity index (χ4n) is 4.07. The Morgan fingerprint density at radius 3 is 2.51 bits per heavy atom. The first-order valence-electron chi connectivity index (χ1n) is 12.9. The minimum absolute atomic E-state index is 0.0130. The molecule has 0 saturated carbocycles. The molecule has 0 aliphatic rings. The standard InChI is InChI=1S/C27H28N8O8/c28-27-34-23-22(25(41)35-27)32-15(12-31-23)11-30-14-2-3-16(24(40)33-17(26(42)43)4-6-21(38)39)18(10-14)29-8-7-13-1-5-19(36)20(37)9-13/h1-3,5,9-10,12,17,29-30,36-37H,4,6-8,11H2,(H,33,40)(H,38,39)(H,42,43)(H3,28,31,34,35,41)/t17-/m0/s1. The second kappa shape index (κ2) is 13.2. The van der Waals surface area contributed by atoms with Crippen molar-refractivity contribution >= 4 is 46.3 Å². The number of benzene rings is 2. The molecule has 2 heterocycles. The lowest BCUT2D eigenvalue weighted by molar-refractivity contribution is -0.140. The van der Waals surface area contributed by atoms with Crippen molar-refractivity contribution in [2.45, 2.75) is 31.8 Å². The van der Waals surface area contributed by atoms with E-state index in [4.69, 9.17) is 10.8 Å². The summed E-state index contributed by atoms with van der Waals surface area (Å²) in [6.45, 7) is 0.422. The third-order valence-electron chi connectivity index (χ3n) is 6.24. The van der Waals surface area contributed by atoms with Gasteiger partial charge in [0.2, 0.25) is 5.95 Å². The molecule has 1 amide bonds. The molecule has 2 aromatic carbocycles. The maximum absolute atomic E-state index is 13.1. The number of aromatic amines is 1. The predicted octanol–water partition coefficient (Wildman–Crippen LogP) is 1.02. The highest BCUT2D eigenvalue weighted by molar-refractivity contribution is 6.02. The zero-order valence-corrected chi connectivity index (χ0v) is 22.5. The Labute approximate surface area is 242 Å². The maximum atomic E-state index is 13.1. The van der Waals surface area contributed by atoms with Crippen LogP contribution in [-0.2, 0) is 22.6 Å². The smallest absolute Gasteiger partial charge is 0.326 e. The molecular formula is C27H28N8O8. The molecule has 0 spiro atoms. The van der Waals surface area contributed by atoms with E-state index < -0.39 is 35.9 Å². The Hall–Kier alpha value is -5.93. The van der Waals surface area contributed by atoms with Crippen LogP contribution in [0.1, 0.15) is 34.5 Å². The van der Waals surface area contributed by atoms with E-state index in [1.165, 1.54) is 24.4 Å². The van der Waals surface area contributed by atoms with Crippen molar-refractivity contribution in [3.63, 3.8) is 0 Å². The molecule has 10 N–H and O–H groups in total. The summed E-state index contributed by atoms with van der Waals surface area (Å²) < 4.78 is 0. The van der Waals surface area contributed by atoms with Crippen LogP contribution < -0.4 is 27.2 Å². The van der Waals surface area contributed by atoms with E-state index in [1.807, 2.05) is 0 Å². The van der Waals surface area contributed by atoms with Gasteiger partial charge in [0.25, 0.3) is 11.5 Å². The monoisotopic (exact) mass is 592 g/mol. The van der Waals surface area contributed by atoms with E-state index in [2.05, 4.69) is 35.9 Å². The number of carboxylic acids is 2. The number of rotatable bonds is 13. The van der Waals surface area contributed by atoms with Crippen LogP contribution in [-0.4, -0.2) is 70.8 Å². The van der Waals surface area contributed by atoms with Crippen molar-refractivity contribution in [2.24, 2.45) is 0 Å². The van der Waals surface area contributed by atoms with Crippen molar-refractivity contribution in [1.82, 2.24) is 25.3 Å². The SMILES string of the molecule is Nc1nc2ncc(CNc3ccc(C(=O)N[C@@H](CCC(=O)O)C(=O)O)c(NCCc4ccc(O)c(O)c4)c3)nc2c(=O)[nH]1. The van der Waals surface area contributed by atoms with E-state index >= 15 is 0 Å². The molecule has 0 bridgehead atoms. The van der Waals surface area contributed by atoms with Crippen molar-refractivity contribution in [1.29, 1.82) is 0 Å². The molecule has 4 rings (SSSR count). The van der Waals surface area contributed by atoms with Crippen LogP contribution in [0.3, 0.4) is 0 Å². The van der Waals surface area contributed by atoms with Crippen molar-refractivity contribution in [3.8, 4) is 11.5 Å². The summed E-state index contributed by atoms with van der Waals surface area (Å²) in [5.74, 6) is -3.92. The van der Waals surface area contributed by atoms with E-state index in [0.29, 0.717) is 29.1 Å². The summed E-state index contributed by atoms with van der Waals surface area (Å²) in [4.78, 5) is 62.5. The highest BCUT2D eigenvalue weighted by atomic mass is 16.4. The molecule has 0 saturated heterocycles. The number of aromatic nitrogens is 4. The number of carbonyl (C=O) groups excluding carboxylic acids is 1. The molecule has 16 nitrogen and oxygen atoms in total. The summed E-state index contributed by atoms with van der Waals surface area (Å²) in [6.07, 6.45) is 1.07. The number of hydrogen-bond acceptors (Lipinski definition) is 12. The number of nitrogen functional groups attached to an aromatic ring is 1. The molecule has 1 atom stereocenters. The van der Waals surface area contributed by atoms with Crippen molar-refractivity contribution in [2.75, 3.05) is 22.9 Å². The molecule has 0 fully saturated rings. The van der Waals surface area contributed by atoms with Crippen LogP contribution in [0.4, 0.5) is 17.3 Å². The fraction of sp³-hybridized carbons (Fsp3) is 0.222. The number of carboxylic acid groups (broad SMARTS) is 2. The van der Waals surface area contributed by atoms with Gasteiger partial charge in [0.15, 0.2) is 22.7 Å². The minimum atomic E-state index is -1.42. The number of nitrogens with zero attached hydrogens (tertiary/aromatic N) is 3. The number of aliphatic carboxylic acids is 2. The lowest BCUT2D eigenvalue weighted by Crippen LogP contribution is -2.41. The van der Waals surface area contributed by atoms with Crippen molar-refractivity contribution < 1.29 is 34.8 Å². The minimum Gasteiger partial charge on any atom is -0.504 e. The van der Waals surface area contributed by atoms with E-state index in [1.54, 1.807) is 18.2 Å². The average Bonchev–Trinajstić information content (AvgIpc) is 2.95. The Bertz CT molecular complexity index is 1740. The Kier molecular flexibility index (Phi) is 9.19. The number of anilines is 3. The molecule has 4 aromatic rings.